The summed E-state index contributed by atoms with van der Waals surface area (Å²) in [7, 11) is 4.01. The van der Waals surface area contributed by atoms with Gasteiger partial charge in [0.1, 0.15) is 5.82 Å². The van der Waals surface area contributed by atoms with Crippen LogP contribution in [0.25, 0.3) is 0 Å². The molecule has 0 atom stereocenters. The normalized spacial score (nSPS) is 10.8. The molecule has 1 aromatic carbocycles. The number of hydrogen-bond donors (Lipinski definition) is 1. The summed E-state index contributed by atoms with van der Waals surface area (Å²) in [6, 6.07) is 4.84. The van der Waals surface area contributed by atoms with Gasteiger partial charge in [0.15, 0.2) is 0 Å². The van der Waals surface area contributed by atoms with E-state index >= 15 is 0 Å². The summed E-state index contributed by atoms with van der Waals surface area (Å²) in [5.74, 6) is -0.249. The molecule has 0 bridgehead atoms. The molecule has 1 aromatic rings. The van der Waals surface area contributed by atoms with Crippen LogP contribution >= 0.6 is 0 Å². The zero-order valence-corrected chi connectivity index (χ0v) is 10.2. The largest absolute Gasteiger partial charge is 0.399 e. The number of nitrogens with two attached hydrogens (primary N) is 1. The maximum absolute atomic E-state index is 13.7. The number of nitrogen functional groups attached to an aromatic ring is 1. The van der Waals surface area contributed by atoms with Gasteiger partial charge in [-0.15, -0.1) is 0 Å². The lowest BCUT2D eigenvalue weighted by molar-refractivity contribution is 0.413. The molecule has 0 unspecified atom stereocenters. The fraction of sp³-hybridized carbons (Fsp3) is 0.500. The molecule has 0 heterocycles. The average Bonchev–Trinajstić information content (AvgIpc) is 2.21. The molecule has 3 nitrogen and oxygen atoms in total. The zero-order valence-electron chi connectivity index (χ0n) is 10.2. The van der Waals surface area contributed by atoms with Gasteiger partial charge in [-0.2, -0.15) is 0 Å². The molecule has 0 aliphatic heterocycles. The van der Waals surface area contributed by atoms with E-state index in [4.69, 9.17) is 5.73 Å². The average molecular weight is 225 g/mol. The van der Waals surface area contributed by atoms with E-state index < -0.39 is 0 Å². The molecular formula is C12H20FN3. The first-order valence-corrected chi connectivity index (χ1v) is 5.49. The van der Waals surface area contributed by atoms with Crippen LogP contribution in [0.3, 0.4) is 0 Å². The maximum atomic E-state index is 13.7. The first-order chi connectivity index (χ1) is 7.54. The standard InChI is InChI=1S/C12H20FN3/c1-4-16(8-7-15(2)3)12-6-5-10(14)9-11(12)13/h5-6,9H,4,7-8,14H2,1-3H3. The van der Waals surface area contributed by atoms with Gasteiger partial charge in [0.2, 0.25) is 0 Å². The van der Waals surface area contributed by atoms with E-state index in [1.54, 1.807) is 12.1 Å². The summed E-state index contributed by atoms with van der Waals surface area (Å²) in [5.41, 5.74) is 6.61. The SMILES string of the molecule is CCN(CCN(C)C)c1ccc(N)cc1F. The molecule has 0 spiro atoms. The number of hydrogen-bond acceptors (Lipinski definition) is 3. The number of anilines is 2. The number of benzene rings is 1. The van der Waals surface area contributed by atoms with E-state index in [1.807, 2.05) is 25.9 Å². The smallest absolute Gasteiger partial charge is 0.148 e. The van der Waals surface area contributed by atoms with Crippen LogP contribution in [0.1, 0.15) is 6.92 Å². The minimum Gasteiger partial charge on any atom is -0.399 e. The fourth-order valence-electron chi connectivity index (χ4n) is 1.55. The molecule has 1 rings (SSSR count). The highest BCUT2D eigenvalue weighted by molar-refractivity contribution is 5.54. The number of likely N-dealkylation sites (N-methyl/N-ethyl adjacent to an activating group) is 2. The van der Waals surface area contributed by atoms with E-state index in [0.29, 0.717) is 11.4 Å². The van der Waals surface area contributed by atoms with Crippen molar-refractivity contribution in [1.29, 1.82) is 0 Å². The molecule has 90 valence electrons. The summed E-state index contributed by atoms with van der Waals surface area (Å²) in [6.45, 7) is 4.52. The maximum Gasteiger partial charge on any atom is 0.148 e. The first-order valence-electron chi connectivity index (χ1n) is 5.49. The lowest BCUT2D eigenvalue weighted by Crippen LogP contribution is -2.32. The minimum atomic E-state index is -0.249. The Balaban J connectivity index is 2.78. The third-order valence-electron chi connectivity index (χ3n) is 2.51. The second kappa shape index (κ2) is 5.70. The third kappa shape index (κ3) is 3.38. The summed E-state index contributed by atoms with van der Waals surface area (Å²) < 4.78 is 13.7. The Hall–Kier alpha value is -1.29. The van der Waals surface area contributed by atoms with Crippen LogP contribution in [0.15, 0.2) is 18.2 Å². The number of rotatable bonds is 5. The Morgan fingerprint density at radius 2 is 1.94 bits per heavy atom. The topological polar surface area (TPSA) is 32.5 Å². The molecule has 0 saturated carbocycles. The van der Waals surface area contributed by atoms with Gasteiger partial charge in [-0.05, 0) is 39.2 Å². The van der Waals surface area contributed by atoms with Crippen molar-refractivity contribution in [3.05, 3.63) is 24.0 Å². The molecule has 0 aliphatic rings. The van der Waals surface area contributed by atoms with Gasteiger partial charge in [0, 0.05) is 25.3 Å². The second-order valence-corrected chi connectivity index (χ2v) is 4.09. The van der Waals surface area contributed by atoms with Crippen LogP contribution in [0.5, 0.6) is 0 Å². The van der Waals surface area contributed by atoms with Crippen molar-refractivity contribution < 1.29 is 4.39 Å². The highest BCUT2D eigenvalue weighted by atomic mass is 19.1. The Bertz CT molecular complexity index is 339. The molecule has 4 heteroatoms. The monoisotopic (exact) mass is 225 g/mol. The highest BCUT2D eigenvalue weighted by Gasteiger charge is 2.10. The summed E-state index contributed by atoms with van der Waals surface area (Å²) in [4.78, 5) is 4.09. The summed E-state index contributed by atoms with van der Waals surface area (Å²) in [6.07, 6.45) is 0. The van der Waals surface area contributed by atoms with Gasteiger partial charge in [0.25, 0.3) is 0 Å². The molecule has 0 saturated heterocycles. The van der Waals surface area contributed by atoms with E-state index in [9.17, 15) is 4.39 Å². The summed E-state index contributed by atoms with van der Waals surface area (Å²) in [5, 5.41) is 0. The molecule has 0 aliphatic carbocycles. The van der Waals surface area contributed by atoms with Crippen molar-refractivity contribution in [3.8, 4) is 0 Å². The van der Waals surface area contributed by atoms with Crippen molar-refractivity contribution in [2.24, 2.45) is 0 Å². The van der Waals surface area contributed by atoms with Crippen molar-refractivity contribution >= 4 is 11.4 Å². The number of halogens is 1. The Kier molecular flexibility index (Phi) is 4.55. The quantitative estimate of drug-likeness (QED) is 0.775. The fourth-order valence-corrected chi connectivity index (χ4v) is 1.55. The van der Waals surface area contributed by atoms with E-state index in [1.165, 1.54) is 6.07 Å². The van der Waals surface area contributed by atoms with Gasteiger partial charge < -0.3 is 15.5 Å². The predicted octanol–water partition coefficient (Wildman–Crippen LogP) is 1.80. The van der Waals surface area contributed by atoms with E-state index in [0.717, 1.165) is 19.6 Å². The lowest BCUT2D eigenvalue weighted by atomic mass is 10.2. The molecule has 16 heavy (non-hydrogen) atoms. The van der Waals surface area contributed by atoms with Crippen molar-refractivity contribution in [2.75, 3.05) is 44.4 Å². The van der Waals surface area contributed by atoms with Crippen molar-refractivity contribution in [2.45, 2.75) is 6.92 Å². The van der Waals surface area contributed by atoms with Gasteiger partial charge >= 0.3 is 0 Å². The second-order valence-electron chi connectivity index (χ2n) is 4.09. The van der Waals surface area contributed by atoms with Gasteiger partial charge in [-0.25, -0.2) is 4.39 Å². The van der Waals surface area contributed by atoms with Crippen LogP contribution in [-0.2, 0) is 0 Å². The Morgan fingerprint density at radius 3 is 2.44 bits per heavy atom. The van der Waals surface area contributed by atoms with E-state index in [2.05, 4.69) is 4.90 Å². The molecular weight excluding hydrogens is 205 g/mol. The minimum absolute atomic E-state index is 0.249. The van der Waals surface area contributed by atoms with Crippen LogP contribution in [-0.4, -0.2) is 38.6 Å². The van der Waals surface area contributed by atoms with Crippen LogP contribution in [0.2, 0.25) is 0 Å². The van der Waals surface area contributed by atoms with Gasteiger partial charge in [-0.3, -0.25) is 0 Å². The van der Waals surface area contributed by atoms with Crippen LogP contribution in [0, 0.1) is 5.82 Å². The first kappa shape index (κ1) is 12.8. The summed E-state index contributed by atoms with van der Waals surface area (Å²) >= 11 is 0. The van der Waals surface area contributed by atoms with Gasteiger partial charge in [-0.1, -0.05) is 0 Å². The van der Waals surface area contributed by atoms with E-state index in [-0.39, 0.29) is 5.82 Å². The molecule has 0 aromatic heterocycles. The van der Waals surface area contributed by atoms with Crippen molar-refractivity contribution in [1.82, 2.24) is 4.90 Å². The molecule has 2 N–H and O–H groups in total. The Labute approximate surface area is 96.6 Å². The lowest BCUT2D eigenvalue weighted by Gasteiger charge is -2.25. The van der Waals surface area contributed by atoms with Gasteiger partial charge in [0.05, 0.1) is 5.69 Å². The predicted molar refractivity (Wildman–Crippen MR) is 67.3 cm³/mol. The molecule has 0 radical (unpaired) electrons. The Morgan fingerprint density at radius 1 is 1.25 bits per heavy atom. The number of nitrogens with zero attached hydrogens (tertiary/aromatic N) is 2. The highest BCUT2D eigenvalue weighted by Crippen LogP contribution is 2.21. The van der Waals surface area contributed by atoms with Crippen LogP contribution < -0.4 is 10.6 Å². The van der Waals surface area contributed by atoms with Crippen molar-refractivity contribution in [3.63, 3.8) is 0 Å². The third-order valence-corrected chi connectivity index (χ3v) is 2.51. The molecule has 0 fully saturated rings. The van der Waals surface area contributed by atoms with Crippen LogP contribution in [0.4, 0.5) is 15.8 Å². The molecule has 0 amide bonds. The zero-order chi connectivity index (χ0) is 12.1.